The highest BCUT2D eigenvalue weighted by molar-refractivity contribution is 6.07. The molecule has 0 aliphatic heterocycles. The summed E-state index contributed by atoms with van der Waals surface area (Å²) >= 11 is 0. The number of methoxy groups -OCH3 is 1. The smallest absolute Gasteiger partial charge is 0.0696 e. The number of rotatable bonds is 15. The minimum Gasteiger partial charge on any atom is -0.392 e. The van der Waals surface area contributed by atoms with E-state index in [9.17, 15) is 0 Å². The first-order valence-corrected chi connectivity index (χ1v) is 17.4. The second-order valence-corrected chi connectivity index (χ2v) is 13.9. The molecule has 1 unspecified atom stereocenters. The van der Waals surface area contributed by atoms with Crippen molar-refractivity contribution >= 4 is 21.5 Å². The van der Waals surface area contributed by atoms with Gasteiger partial charge in [0.25, 0.3) is 0 Å². The molecule has 0 radical (unpaired) electrons. The van der Waals surface area contributed by atoms with Crippen LogP contribution in [0.3, 0.4) is 0 Å². The summed E-state index contributed by atoms with van der Waals surface area (Å²) in [6, 6.07) is 18.6. The molecule has 0 saturated heterocycles. The van der Waals surface area contributed by atoms with Crippen LogP contribution in [-0.4, -0.2) is 38.6 Å². The van der Waals surface area contributed by atoms with Crippen molar-refractivity contribution in [1.29, 1.82) is 0 Å². The van der Waals surface area contributed by atoms with Gasteiger partial charge in [-0.3, -0.25) is 0 Å². The SMILES string of the molecule is C=C(CO)COCCC(COC)c1ccc2c(ccc3cc(CCC4CCC(C5CCC(CCC)CC5)CC4)ccc32)c1. The van der Waals surface area contributed by atoms with Crippen LogP contribution in [0.1, 0.15) is 101 Å². The fourth-order valence-corrected chi connectivity index (χ4v) is 8.26. The molecule has 2 aliphatic carbocycles. The molecule has 234 valence electrons. The van der Waals surface area contributed by atoms with Gasteiger partial charge in [-0.2, -0.15) is 0 Å². The minimum absolute atomic E-state index is 0.0253. The molecule has 3 aromatic carbocycles. The summed E-state index contributed by atoms with van der Waals surface area (Å²) in [5.41, 5.74) is 3.49. The fourth-order valence-electron chi connectivity index (χ4n) is 8.26. The molecule has 43 heavy (non-hydrogen) atoms. The van der Waals surface area contributed by atoms with E-state index in [0.717, 1.165) is 30.1 Å². The van der Waals surface area contributed by atoms with E-state index < -0.39 is 0 Å². The first-order chi connectivity index (χ1) is 21.1. The van der Waals surface area contributed by atoms with Gasteiger partial charge in [0, 0.05) is 19.6 Å². The van der Waals surface area contributed by atoms with Crippen LogP contribution in [0.4, 0.5) is 0 Å². The molecule has 2 saturated carbocycles. The minimum atomic E-state index is -0.0253. The van der Waals surface area contributed by atoms with Crippen LogP contribution in [0.5, 0.6) is 0 Å². The van der Waals surface area contributed by atoms with Gasteiger partial charge in [0.15, 0.2) is 0 Å². The molecule has 2 aliphatic rings. The molecule has 1 N–H and O–H groups in total. The number of hydrogen-bond acceptors (Lipinski definition) is 3. The number of fused-ring (bicyclic) bond motifs is 3. The van der Waals surface area contributed by atoms with E-state index in [0.29, 0.717) is 25.4 Å². The zero-order valence-corrected chi connectivity index (χ0v) is 27.0. The molecule has 3 aromatic rings. The zero-order chi connectivity index (χ0) is 30.0. The van der Waals surface area contributed by atoms with Gasteiger partial charge in [-0.15, -0.1) is 0 Å². The number of aryl methyl sites for hydroxylation is 1. The Morgan fingerprint density at radius 2 is 1.47 bits per heavy atom. The fraction of sp³-hybridized carbons (Fsp3) is 0.600. The standard InChI is InChI=1S/C40H56O3/c1-4-5-30-8-13-33(14-9-30)34-15-10-31(11-16-34)6-7-32-12-20-39-36(24-32)17-18-37-25-35(19-21-40(37)39)38(28-42-3)22-23-43-27-29(2)26-41/h12,17-21,24-25,30-31,33-34,38,41H,2,4-11,13-16,22-23,26-28H2,1,3H3. The third-order valence-electron chi connectivity index (χ3n) is 10.9. The van der Waals surface area contributed by atoms with Crippen LogP contribution in [-0.2, 0) is 15.9 Å². The Labute approximate surface area is 261 Å². The Kier molecular flexibility index (Phi) is 12.1. The van der Waals surface area contributed by atoms with Crippen molar-refractivity contribution < 1.29 is 14.6 Å². The first-order valence-electron chi connectivity index (χ1n) is 17.4. The van der Waals surface area contributed by atoms with Crippen LogP contribution in [0, 0.1) is 23.7 Å². The van der Waals surface area contributed by atoms with Crippen molar-refractivity contribution in [2.45, 2.75) is 96.3 Å². The summed E-state index contributed by atoms with van der Waals surface area (Å²) in [6.45, 7) is 7.81. The molecule has 0 bridgehead atoms. The van der Waals surface area contributed by atoms with Crippen molar-refractivity contribution in [2.24, 2.45) is 23.7 Å². The maximum absolute atomic E-state index is 9.14. The van der Waals surface area contributed by atoms with E-state index >= 15 is 0 Å². The highest BCUT2D eigenvalue weighted by Crippen LogP contribution is 2.43. The van der Waals surface area contributed by atoms with E-state index in [1.165, 1.54) is 110 Å². The van der Waals surface area contributed by atoms with Gasteiger partial charge in [0.05, 0.1) is 19.8 Å². The monoisotopic (exact) mass is 584 g/mol. The number of benzene rings is 3. The normalized spacial score (nSPS) is 23.5. The van der Waals surface area contributed by atoms with Gasteiger partial charge < -0.3 is 14.6 Å². The summed E-state index contributed by atoms with van der Waals surface area (Å²) in [4.78, 5) is 0. The summed E-state index contributed by atoms with van der Waals surface area (Å²) in [7, 11) is 1.76. The molecule has 3 heteroatoms. The molecule has 0 heterocycles. The second kappa shape index (κ2) is 16.2. The van der Waals surface area contributed by atoms with E-state index in [1.807, 2.05) is 0 Å². The Morgan fingerprint density at radius 1 is 0.837 bits per heavy atom. The number of ether oxygens (including phenoxy) is 2. The quantitative estimate of drug-likeness (QED) is 0.110. The van der Waals surface area contributed by atoms with E-state index in [-0.39, 0.29) is 12.5 Å². The lowest BCUT2D eigenvalue weighted by molar-refractivity contribution is 0.119. The Morgan fingerprint density at radius 3 is 2.09 bits per heavy atom. The van der Waals surface area contributed by atoms with Gasteiger partial charge in [0.2, 0.25) is 0 Å². The predicted octanol–water partition coefficient (Wildman–Crippen LogP) is 10.0. The summed E-state index contributed by atoms with van der Waals surface area (Å²) in [5.74, 6) is 4.26. The molecule has 1 atom stereocenters. The van der Waals surface area contributed by atoms with E-state index in [1.54, 1.807) is 7.11 Å². The van der Waals surface area contributed by atoms with Crippen LogP contribution in [0.15, 0.2) is 60.7 Å². The molecule has 5 rings (SSSR count). The van der Waals surface area contributed by atoms with Gasteiger partial charge in [-0.25, -0.2) is 0 Å². The first kappa shape index (κ1) is 32.2. The number of aliphatic hydroxyl groups excluding tert-OH is 1. The average molecular weight is 585 g/mol. The van der Waals surface area contributed by atoms with Crippen LogP contribution < -0.4 is 0 Å². The van der Waals surface area contributed by atoms with Crippen molar-refractivity contribution in [3.05, 3.63) is 71.8 Å². The number of hydrogen-bond donors (Lipinski definition) is 1. The third-order valence-corrected chi connectivity index (χ3v) is 10.9. The topological polar surface area (TPSA) is 38.7 Å². The van der Waals surface area contributed by atoms with Crippen LogP contribution in [0.2, 0.25) is 0 Å². The molecular weight excluding hydrogens is 528 g/mol. The third kappa shape index (κ3) is 8.71. The van der Waals surface area contributed by atoms with Crippen molar-refractivity contribution in [2.75, 3.05) is 33.5 Å². The molecule has 2 fully saturated rings. The molecule has 0 spiro atoms. The second-order valence-electron chi connectivity index (χ2n) is 13.9. The molecule has 0 aromatic heterocycles. The maximum Gasteiger partial charge on any atom is 0.0696 e. The van der Waals surface area contributed by atoms with Gasteiger partial charge in [0.1, 0.15) is 0 Å². The highest BCUT2D eigenvalue weighted by atomic mass is 16.5. The van der Waals surface area contributed by atoms with Gasteiger partial charge in [-0.1, -0.05) is 101 Å². The molecular formula is C40H56O3. The Bertz CT molecular complexity index is 1300. The van der Waals surface area contributed by atoms with Crippen molar-refractivity contribution in [1.82, 2.24) is 0 Å². The van der Waals surface area contributed by atoms with E-state index in [2.05, 4.69) is 62.0 Å². The largest absolute Gasteiger partial charge is 0.392 e. The average Bonchev–Trinajstić information content (AvgIpc) is 3.05. The van der Waals surface area contributed by atoms with Crippen LogP contribution >= 0.6 is 0 Å². The van der Waals surface area contributed by atoms with Crippen molar-refractivity contribution in [3.8, 4) is 0 Å². The summed E-state index contributed by atoms with van der Waals surface area (Å²) < 4.78 is 11.3. The van der Waals surface area contributed by atoms with Crippen LogP contribution in [0.25, 0.3) is 21.5 Å². The highest BCUT2D eigenvalue weighted by Gasteiger charge is 2.30. The summed E-state index contributed by atoms with van der Waals surface area (Å²) in [5, 5.41) is 14.4. The molecule has 0 amide bonds. The molecule has 3 nitrogen and oxygen atoms in total. The Balaban J connectivity index is 1.14. The lowest BCUT2D eigenvalue weighted by atomic mass is 9.68. The number of aliphatic hydroxyl groups is 1. The van der Waals surface area contributed by atoms with Gasteiger partial charge in [-0.05, 0) is 107 Å². The van der Waals surface area contributed by atoms with E-state index in [4.69, 9.17) is 14.6 Å². The predicted molar refractivity (Wildman–Crippen MR) is 182 cm³/mol. The van der Waals surface area contributed by atoms with Crippen molar-refractivity contribution in [3.63, 3.8) is 0 Å². The lowest BCUT2D eigenvalue weighted by Crippen LogP contribution is -2.26. The maximum atomic E-state index is 9.14. The summed E-state index contributed by atoms with van der Waals surface area (Å²) in [6.07, 6.45) is 18.2. The zero-order valence-electron chi connectivity index (χ0n) is 27.0. The Hall–Kier alpha value is -2.20. The lowest BCUT2D eigenvalue weighted by Gasteiger charge is -2.38. The van der Waals surface area contributed by atoms with Gasteiger partial charge >= 0.3 is 0 Å².